The molecule has 1 saturated heterocycles. The number of rotatable bonds is 6. The summed E-state index contributed by atoms with van der Waals surface area (Å²) >= 11 is 0. The van der Waals surface area contributed by atoms with Gasteiger partial charge in [0, 0.05) is 25.1 Å². The van der Waals surface area contributed by atoms with Gasteiger partial charge < -0.3 is 9.47 Å². The molecular weight excluding hydrogens is 299 g/mol. The van der Waals surface area contributed by atoms with E-state index in [2.05, 4.69) is 6.07 Å². The number of hydrogen-bond donors (Lipinski definition) is 0. The van der Waals surface area contributed by atoms with Gasteiger partial charge >= 0.3 is 5.97 Å². The van der Waals surface area contributed by atoms with Crippen molar-refractivity contribution in [3.8, 4) is 6.07 Å². The standard InChI is InChI=1S/C17H21FN2O3/c1-2-23-16(21)7-8-17(13-19,20-9-11-22-12-10-20)14-5-3-4-6-15(14)18/h3-6H,2,7-12H2,1H3. The fourth-order valence-corrected chi connectivity index (χ4v) is 2.91. The maximum Gasteiger partial charge on any atom is 0.305 e. The number of esters is 1. The maximum absolute atomic E-state index is 14.4. The molecular formula is C17H21FN2O3. The van der Waals surface area contributed by atoms with Gasteiger partial charge in [-0.1, -0.05) is 18.2 Å². The van der Waals surface area contributed by atoms with Crippen LogP contribution in [-0.2, 0) is 19.8 Å². The van der Waals surface area contributed by atoms with E-state index in [1.807, 2.05) is 4.90 Å². The van der Waals surface area contributed by atoms with Crippen molar-refractivity contribution in [3.05, 3.63) is 35.6 Å². The Balaban J connectivity index is 2.34. The molecule has 0 bridgehead atoms. The normalized spacial score (nSPS) is 18.0. The lowest BCUT2D eigenvalue weighted by Gasteiger charge is -2.41. The Morgan fingerprint density at radius 1 is 1.43 bits per heavy atom. The van der Waals surface area contributed by atoms with E-state index in [-0.39, 0.29) is 25.4 Å². The van der Waals surface area contributed by atoms with Crippen molar-refractivity contribution >= 4 is 5.97 Å². The van der Waals surface area contributed by atoms with Crippen LogP contribution < -0.4 is 0 Å². The third-order valence-electron chi connectivity index (χ3n) is 4.05. The maximum atomic E-state index is 14.4. The molecule has 1 aliphatic rings. The average Bonchev–Trinajstić information content (AvgIpc) is 2.58. The molecule has 0 aromatic heterocycles. The van der Waals surface area contributed by atoms with E-state index in [9.17, 15) is 14.4 Å². The van der Waals surface area contributed by atoms with Gasteiger partial charge in [0.05, 0.1) is 25.9 Å². The molecule has 6 heteroatoms. The lowest BCUT2D eigenvalue weighted by atomic mass is 9.84. The van der Waals surface area contributed by atoms with Crippen LogP contribution >= 0.6 is 0 Å². The first-order valence-electron chi connectivity index (χ1n) is 7.78. The molecule has 0 spiro atoms. The molecule has 1 aliphatic heterocycles. The van der Waals surface area contributed by atoms with Crippen LogP contribution in [0.15, 0.2) is 24.3 Å². The monoisotopic (exact) mass is 320 g/mol. The van der Waals surface area contributed by atoms with Crippen LogP contribution in [0, 0.1) is 17.1 Å². The summed E-state index contributed by atoms with van der Waals surface area (Å²) in [6.45, 7) is 4.02. The summed E-state index contributed by atoms with van der Waals surface area (Å²) in [5.41, 5.74) is -0.893. The van der Waals surface area contributed by atoms with Crippen molar-refractivity contribution in [2.75, 3.05) is 32.9 Å². The second-order valence-electron chi connectivity index (χ2n) is 5.36. The predicted octanol–water partition coefficient (Wildman–Crippen LogP) is 2.22. The second-order valence-corrected chi connectivity index (χ2v) is 5.36. The number of halogens is 1. The second kappa shape index (κ2) is 8.04. The smallest absolute Gasteiger partial charge is 0.305 e. The number of hydrogen-bond acceptors (Lipinski definition) is 5. The summed E-state index contributed by atoms with van der Waals surface area (Å²) in [4.78, 5) is 13.6. The highest BCUT2D eigenvalue weighted by molar-refractivity contribution is 5.69. The fraction of sp³-hybridized carbons (Fsp3) is 0.529. The summed E-state index contributed by atoms with van der Waals surface area (Å²) in [7, 11) is 0. The Morgan fingerprint density at radius 3 is 2.74 bits per heavy atom. The van der Waals surface area contributed by atoms with Gasteiger partial charge in [-0.25, -0.2) is 4.39 Å². The number of carbonyl (C=O) groups excluding carboxylic acids is 1. The van der Waals surface area contributed by atoms with Crippen molar-refractivity contribution in [1.29, 1.82) is 5.26 Å². The van der Waals surface area contributed by atoms with E-state index < -0.39 is 11.4 Å². The first kappa shape index (κ1) is 17.4. The molecule has 124 valence electrons. The first-order valence-corrected chi connectivity index (χ1v) is 7.78. The van der Waals surface area contributed by atoms with Crippen LogP contribution in [0.5, 0.6) is 0 Å². The SMILES string of the molecule is CCOC(=O)CCC(C#N)(c1ccccc1F)N1CCOCC1. The lowest BCUT2D eigenvalue weighted by Crippen LogP contribution is -2.51. The first-order chi connectivity index (χ1) is 11.1. The highest BCUT2D eigenvalue weighted by Crippen LogP contribution is 2.35. The van der Waals surface area contributed by atoms with Crippen molar-refractivity contribution in [2.24, 2.45) is 0 Å². The lowest BCUT2D eigenvalue weighted by molar-refractivity contribution is -0.144. The molecule has 0 saturated carbocycles. The van der Waals surface area contributed by atoms with Crippen LogP contribution in [-0.4, -0.2) is 43.8 Å². The third-order valence-corrected chi connectivity index (χ3v) is 4.05. The Morgan fingerprint density at radius 2 is 2.13 bits per heavy atom. The molecule has 0 amide bonds. The van der Waals surface area contributed by atoms with Crippen LogP contribution in [0.1, 0.15) is 25.3 Å². The van der Waals surface area contributed by atoms with E-state index in [1.165, 1.54) is 6.07 Å². The van der Waals surface area contributed by atoms with Crippen LogP contribution in [0.25, 0.3) is 0 Å². The number of ether oxygens (including phenoxy) is 2. The molecule has 0 N–H and O–H groups in total. The molecule has 0 radical (unpaired) electrons. The number of carbonyl (C=O) groups is 1. The Labute approximate surface area is 135 Å². The van der Waals surface area contributed by atoms with Crippen LogP contribution in [0.2, 0.25) is 0 Å². The van der Waals surface area contributed by atoms with Gasteiger partial charge in [0.2, 0.25) is 0 Å². The van der Waals surface area contributed by atoms with E-state index >= 15 is 0 Å². The van der Waals surface area contributed by atoms with Gasteiger partial charge in [0.15, 0.2) is 0 Å². The van der Waals surface area contributed by atoms with E-state index in [0.29, 0.717) is 31.9 Å². The van der Waals surface area contributed by atoms with E-state index in [0.717, 1.165) is 0 Å². The van der Waals surface area contributed by atoms with Gasteiger partial charge in [-0.05, 0) is 19.4 Å². The molecule has 1 fully saturated rings. The average molecular weight is 320 g/mol. The minimum absolute atomic E-state index is 0.0626. The van der Waals surface area contributed by atoms with Gasteiger partial charge in [-0.2, -0.15) is 5.26 Å². The zero-order valence-electron chi connectivity index (χ0n) is 13.3. The topological polar surface area (TPSA) is 62.6 Å². The Hall–Kier alpha value is -1.97. The number of nitrogens with zero attached hydrogens (tertiary/aromatic N) is 2. The Kier molecular flexibility index (Phi) is 6.08. The van der Waals surface area contributed by atoms with Gasteiger partial charge in [-0.3, -0.25) is 9.69 Å². The predicted molar refractivity (Wildman–Crippen MR) is 82.0 cm³/mol. The summed E-state index contributed by atoms with van der Waals surface area (Å²) < 4.78 is 24.7. The Bertz CT molecular complexity index is 581. The molecule has 1 atom stereocenters. The van der Waals surface area contributed by atoms with E-state index in [4.69, 9.17) is 9.47 Å². The van der Waals surface area contributed by atoms with Crippen molar-refractivity contribution < 1.29 is 18.7 Å². The van der Waals surface area contributed by atoms with Crippen molar-refractivity contribution in [1.82, 2.24) is 4.90 Å². The number of benzene rings is 1. The number of nitriles is 1. The minimum Gasteiger partial charge on any atom is -0.466 e. The fourth-order valence-electron chi connectivity index (χ4n) is 2.91. The third kappa shape index (κ3) is 3.87. The highest BCUT2D eigenvalue weighted by atomic mass is 19.1. The molecule has 1 unspecified atom stereocenters. The largest absolute Gasteiger partial charge is 0.466 e. The summed E-state index contributed by atoms with van der Waals surface area (Å²) in [5.74, 6) is -0.818. The molecule has 1 heterocycles. The van der Waals surface area contributed by atoms with Gasteiger partial charge in [0.25, 0.3) is 0 Å². The van der Waals surface area contributed by atoms with Gasteiger partial charge in [0.1, 0.15) is 11.4 Å². The van der Waals surface area contributed by atoms with Crippen molar-refractivity contribution in [3.63, 3.8) is 0 Å². The number of morpholine rings is 1. The summed E-state index contributed by atoms with van der Waals surface area (Å²) in [5, 5.41) is 9.90. The van der Waals surface area contributed by atoms with Crippen LogP contribution in [0.3, 0.4) is 0 Å². The van der Waals surface area contributed by atoms with E-state index in [1.54, 1.807) is 25.1 Å². The zero-order chi connectivity index (χ0) is 16.7. The summed E-state index contributed by atoms with van der Waals surface area (Å²) in [6.07, 6.45) is 0.246. The summed E-state index contributed by atoms with van der Waals surface area (Å²) in [6, 6.07) is 8.50. The van der Waals surface area contributed by atoms with Crippen molar-refractivity contribution in [2.45, 2.75) is 25.3 Å². The molecule has 1 aromatic carbocycles. The molecule has 5 nitrogen and oxygen atoms in total. The minimum atomic E-state index is -1.19. The molecule has 1 aromatic rings. The quantitative estimate of drug-likeness (QED) is 0.752. The molecule has 23 heavy (non-hydrogen) atoms. The molecule has 0 aliphatic carbocycles. The van der Waals surface area contributed by atoms with Crippen LogP contribution in [0.4, 0.5) is 4.39 Å². The zero-order valence-corrected chi connectivity index (χ0v) is 13.3. The molecule has 2 rings (SSSR count). The van der Waals surface area contributed by atoms with Gasteiger partial charge in [-0.15, -0.1) is 0 Å². The highest BCUT2D eigenvalue weighted by Gasteiger charge is 2.41.